The van der Waals surface area contributed by atoms with E-state index in [1.165, 1.54) is 0 Å². The second-order valence-corrected chi connectivity index (χ2v) is 5.09. The summed E-state index contributed by atoms with van der Waals surface area (Å²) in [5.74, 6) is -0.126. The van der Waals surface area contributed by atoms with Crippen molar-refractivity contribution in [1.82, 2.24) is 9.97 Å². The minimum atomic E-state index is -0.728. The highest BCUT2D eigenvalue weighted by atomic mass is 32.1. The first kappa shape index (κ1) is 10.5. The lowest BCUT2D eigenvalue weighted by Gasteiger charge is -2.37. The van der Waals surface area contributed by atoms with Gasteiger partial charge in [0.25, 0.3) is 0 Å². The highest BCUT2D eigenvalue weighted by Gasteiger charge is 2.34. The molecule has 0 aliphatic carbocycles. The number of aliphatic carboxylic acids is 1. The lowest BCUT2D eigenvalue weighted by molar-refractivity contribution is -0.142. The number of thiophene rings is 1. The summed E-state index contributed by atoms with van der Waals surface area (Å²) < 4.78 is 0. The summed E-state index contributed by atoms with van der Waals surface area (Å²) in [5.41, 5.74) is 1.15. The predicted molar refractivity (Wildman–Crippen MR) is 65.5 cm³/mol. The molecule has 0 spiro atoms. The molecule has 2 aromatic rings. The molecule has 5 nitrogen and oxygen atoms in total. The molecule has 0 unspecified atom stereocenters. The second-order valence-electron chi connectivity index (χ2n) is 4.24. The smallest absolute Gasteiger partial charge is 0.310 e. The number of rotatable bonds is 2. The topological polar surface area (TPSA) is 66.3 Å². The third-order valence-electron chi connectivity index (χ3n) is 3.06. The first-order valence-corrected chi connectivity index (χ1v) is 6.21. The molecule has 88 valence electrons. The average Bonchev–Trinajstić information content (AvgIpc) is 2.59. The molecule has 17 heavy (non-hydrogen) atoms. The molecule has 1 aliphatic rings. The molecule has 3 rings (SSSR count). The van der Waals surface area contributed by atoms with Crippen molar-refractivity contribution in [2.45, 2.75) is 6.92 Å². The van der Waals surface area contributed by atoms with Crippen LogP contribution in [0, 0.1) is 12.8 Å². The van der Waals surface area contributed by atoms with Gasteiger partial charge in [-0.25, -0.2) is 9.97 Å². The zero-order valence-electron chi connectivity index (χ0n) is 9.25. The summed E-state index contributed by atoms with van der Waals surface area (Å²) in [5, 5.41) is 12.0. The molecule has 0 aromatic carbocycles. The molecule has 1 N–H and O–H groups in total. The van der Waals surface area contributed by atoms with E-state index in [0.29, 0.717) is 13.1 Å². The molecule has 0 amide bonds. The number of carboxylic acid groups (broad SMARTS) is 1. The molecule has 1 aliphatic heterocycles. The maximum atomic E-state index is 10.8. The summed E-state index contributed by atoms with van der Waals surface area (Å²) in [6.45, 7) is 3.10. The summed E-state index contributed by atoms with van der Waals surface area (Å²) in [6.07, 6.45) is 1.54. The summed E-state index contributed by atoms with van der Waals surface area (Å²) in [6, 6.07) is 0. The van der Waals surface area contributed by atoms with E-state index in [-0.39, 0.29) is 5.92 Å². The fourth-order valence-electron chi connectivity index (χ4n) is 2.05. The van der Waals surface area contributed by atoms with Crippen LogP contribution in [0.15, 0.2) is 11.7 Å². The Balaban J connectivity index is 1.97. The Morgan fingerprint density at radius 1 is 1.53 bits per heavy atom. The second kappa shape index (κ2) is 3.66. The molecular formula is C11H11N3O2S. The molecule has 0 saturated carbocycles. The van der Waals surface area contributed by atoms with E-state index < -0.39 is 5.97 Å². The van der Waals surface area contributed by atoms with Crippen LogP contribution in [-0.4, -0.2) is 34.1 Å². The van der Waals surface area contributed by atoms with Gasteiger partial charge in [0, 0.05) is 13.1 Å². The first-order chi connectivity index (χ1) is 8.16. The van der Waals surface area contributed by atoms with Gasteiger partial charge in [-0.3, -0.25) is 4.79 Å². The Morgan fingerprint density at radius 2 is 2.29 bits per heavy atom. The van der Waals surface area contributed by atoms with Crippen molar-refractivity contribution in [2.24, 2.45) is 5.92 Å². The van der Waals surface area contributed by atoms with Gasteiger partial charge in [-0.05, 0) is 17.9 Å². The fourth-order valence-corrected chi connectivity index (χ4v) is 2.93. The standard InChI is InChI=1S/C11H11N3O2S/c1-6-4-17-10-8(6)9(12-5-13-10)14-2-7(3-14)11(15)16/h4-5,7H,2-3H2,1H3,(H,15,16). The minimum absolute atomic E-state index is 0.265. The van der Waals surface area contributed by atoms with Gasteiger partial charge in [0.2, 0.25) is 0 Å². The minimum Gasteiger partial charge on any atom is -0.481 e. The zero-order chi connectivity index (χ0) is 12.0. The molecule has 3 heterocycles. The van der Waals surface area contributed by atoms with E-state index in [0.717, 1.165) is 21.6 Å². The van der Waals surface area contributed by atoms with Crippen molar-refractivity contribution >= 4 is 33.3 Å². The molecule has 0 radical (unpaired) electrons. The van der Waals surface area contributed by atoms with Crippen LogP contribution in [0.4, 0.5) is 5.82 Å². The van der Waals surface area contributed by atoms with Gasteiger partial charge in [-0.2, -0.15) is 0 Å². The van der Waals surface area contributed by atoms with Gasteiger partial charge in [-0.1, -0.05) is 0 Å². The highest BCUT2D eigenvalue weighted by molar-refractivity contribution is 7.17. The quantitative estimate of drug-likeness (QED) is 0.874. The van der Waals surface area contributed by atoms with Crippen molar-refractivity contribution in [3.05, 3.63) is 17.3 Å². The van der Waals surface area contributed by atoms with Crippen LogP contribution >= 0.6 is 11.3 Å². The molecule has 2 aromatic heterocycles. The van der Waals surface area contributed by atoms with Crippen LogP contribution in [-0.2, 0) is 4.79 Å². The van der Waals surface area contributed by atoms with Gasteiger partial charge in [0.1, 0.15) is 17.0 Å². The Hall–Kier alpha value is -1.69. The van der Waals surface area contributed by atoms with E-state index in [9.17, 15) is 4.79 Å². The number of aromatic nitrogens is 2. The molecule has 6 heteroatoms. The van der Waals surface area contributed by atoms with E-state index in [2.05, 4.69) is 15.3 Å². The van der Waals surface area contributed by atoms with E-state index in [4.69, 9.17) is 5.11 Å². The van der Waals surface area contributed by atoms with E-state index in [1.54, 1.807) is 17.7 Å². The molecule has 1 fully saturated rings. The van der Waals surface area contributed by atoms with Crippen LogP contribution < -0.4 is 4.90 Å². The number of carboxylic acids is 1. The van der Waals surface area contributed by atoms with Crippen LogP contribution in [0.2, 0.25) is 0 Å². The Bertz CT molecular complexity index is 589. The summed E-state index contributed by atoms with van der Waals surface area (Å²) in [7, 11) is 0. The largest absolute Gasteiger partial charge is 0.481 e. The molecular weight excluding hydrogens is 238 g/mol. The zero-order valence-corrected chi connectivity index (χ0v) is 10.1. The first-order valence-electron chi connectivity index (χ1n) is 5.33. The molecule has 0 atom stereocenters. The van der Waals surface area contributed by atoms with E-state index in [1.807, 2.05) is 11.8 Å². The van der Waals surface area contributed by atoms with Crippen molar-refractivity contribution < 1.29 is 9.90 Å². The predicted octanol–water partition coefficient (Wildman–Crippen LogP) is 1.52. The lowest BCUT2D eigenvalue weighted by atomic mass is 10.00. The average molecular weight is 249 g/mol. The van der Waals surface area contributed by atoms with Crippen molar-refractivity contribution in [3.63, 3.8) is 0 Å². The van der Waals surface area contributed by atoms with Crippen LogP contribution in [0.1, 0.15) is 5.56 Å². The van der Waals surface area contributed by atoms with Gasteiger partial charge in [0.15, 0.2) is 0 Å². The monoisotopic (exact) mass is 249 g/mol. The fraction of sp³-hybridized carbons (Fsp3) is 0.364. The maximum Gasteiger partial charge on any atom is 0.310 e. The number of fused-ring (bicyclic) bond motifs is 1. The lowest BCUT2D eigenvalue weighted by Crippen LogP contribution is -2.50. The Labute approximate surface area is 102 Å². The number of hydrogen-bond donors (Lipinski definition) is 1. The Morgan fingerprint density at radius 3 is 3.00 bits per heavy atom. The van der Waals surface area contributed by atoms with Crippen LogP contribution in [0.3, 0.4) is 0 Å². The van der Waals surface area contributed by atoms with Gasteiger partial charge < -0.3 is 10.0 Å². The molecule has 0 bridgehead atoms. The van der Waals surface area contributed by atoms with Gasteiger partial charge >= 0.3 is 5.97 Å². The van der Waals surface area contributed by atoms with Gasteiger partial charge in [-0.15, -0.1) is 11.3 Å². The Kier molecular flexibility index (Phi) is 2.25. The number of carbonyl (C=O) groups is 1. The van der Waals surface area contributed by atoms with Gasteiger partial charge in [0.05, 0.1) is 11.3 Å². The summed E-state index contributed by atoms with van der Waals surface area (Å²) >= 11 is 1.59. The maximum absolute atomic E-state index is 10.8. The third kappa shape index (κ3) is 1.56. The van der Waals surface area contributed by atoms with Crippen LogP contribution in [0.5, 0.6) is 0 Å². The highest BCUT2D eigenvalue weighted by Crippen LogP contribution is 2.33. The number of hydrogen-bond acceptors (Lipinski definition) is 5. The normalized spacial score (nSPS) is 16.2. The van der Waals surface area contributed by atoms with Crippen molar-refractivity contribution in [1.29, 1.82) is 0 Å². The number of anilines is 1. The van der Waals surface area contributed by atoms with Crippen molar-refractivity contribution in [2.75, 3.05) is 18.0 Å². The van der Waals surface area contributed by atoms with Crippen LogP contribution in [0.25, 0.3) is 10.2 Å². The number of nitrogens with zero attached hydrogens (tertiary/aromatic N) is 3. The van der Waals surface area contributed by atoms with Crippen molar-refractivity contribution in [3.8, 4) is 0 Å². The summed E-state index contributed by atoms with van der Waals surface area (Å²) in [4.78, 5) is 22.3. The molecule has 1 saturated heterocycles. The SMILES string of the molecule is Cc1csc2ncnc(N3CC(C(=O)O)C3)c12. The van der Waals surface area contributed by atoms with E-state index >= 15 is 0 Å². The third-order valence-corrected chi connectivity index (χ3v) is 4.07. The number of aryl methyl sites for hydroxylation is 1.